The number of aryl methyl sites for hydroxylation is 1. The lowest BCUT2D eigenvalue weighted by Gasteiger charge is -2.22. The number of hydrogen-bond acceptors (Lipinski definition) is 4. The lowest BCUT2D eigenvalue weighted by atomic mass is 9.88. The molecular weight excluding hydrogens is 324 g/mol. The Labute approximate surface area is 152 Å². The molecule has 2 aromatic carbocycles. The number of hydrogen-bond donors (Lipinski definition) is 2. The zero-order chi connectivity index (χ0) is 18.5. The minimum atomic E-state index is -0.424. The second kappa shape index (κ2) is 5.72. The van der Waals surface area contributed by atoms with E-state index < -0.39 is 5.54 Å². The topological polar surface area (TPSA) is 73.7 Å². The van der Waals surface area contributed by atoms with Gasteiger partial charge >= 0.3 is 0 Å². The van der Waals surface area contributed by atoms with Gasteiger partial charge in [0.2, 0.25) is 0 Å². The van der Waals surface area contributed by atoms with Crippen LogP contribution in [0.25, 0.3) is 22.2 Å². The third kappa shape index (κ3) is 2.47. The summed E-state index contributed by atoms with van der Waals surface area (Å²) in [5.41, 5.74) is 9.30. The molecule has 3 aromatic rings. The van der Waals surface area contributed by atoms with E-state index in [0.717, 1.165) is 44.9 Å². The molecule has 130 valence electrons. The highest BCUT2D eigenvalue weighted by atomic mass is 16.7. The first-order valence-corrected chi connectivity index (χ1v) is 8.56. The third-order valence-electron chi connectivity index (χ3n) is 4.97. The molecule has 0 aliphatic carbocycles. The van der Waals surface area contributed by atoms with Crippen LogP contribution < -0.4 is 5.48 Å². The Morgan fingerprint density at radius 2 is 1.96 bits per heavy atom. The van der Waals surface area contributed by atoms with Gasteiger partial charge in [-0.25, -0.2) is 4.98 Å². The molecule has 1 aliphatic rings. The van der Waals surface area contributed by atoms with Crippen LogP contribution in [-0.4, -0.2) is 9.97 Å². The molecule has 5 heteroatoms. The molecule has 2 N–H and O–H groups in total. The summed E-state index contributed by atoms with van der Waals surface area (Å²) in [6.45, 7) is 7.94. The monoisotopic (exact) mass is 344 g/mol. The maximum Gasteiger partial charge on any atom is 0.119 e. The molecule has 0 saturated carbocycles. The lowest BCUT2D eigenvalue weighted by Crippen LogP contribution is -2.32. The van der Waals surface area contributed by atoms with Crippen LogP contribution in [0.1, 0.15) is 36.4 Å². The molecule has 0 amide bonds. The summed E-state index contributed by atoms with van der Waals surface area (Å²) in [5, 5.41) is 9.40. The van der Waals surface area contributed by atoms with Gasteiger partial charge < -0.3 is 9.82 Å². The zero-order valence-corrected chi connectivity index (χ0v) is 15.3. The quantitative estimate of drug-likeness (QED) is 0.724. The average Bonchev–Trinajstić information content (AvgIpc) is 3.16. The van der Waals surface area contributed by atoms with Gasteiger partial charge in [-0.15, -0.1) is 5.48 Å². The summed E-state index contributed by atoms with van der Waals surface area (Å²) in [7, 11) is 0. The van der Waals surface area contributed by atoms with Crippen LogP contribution in [0.4, 0.5) is 0 Å². The number of nitrogens with one attached hydrogen (secondary N) is 2. The number of aromatic amines is 1. The fraction of sp³-hybridized carbons (Fsp3) is 0.238. The van der Waals surface area contributed by atoms with Crippen molar-refractivity contribution < 1.29 is 4.84 Å². The summed E-state index contributed by atoms with van der Waals surface area (Å²) in [6.07, 6.45) is 2.07. The molecule has 4 rings (SSSR count). The van der Waals surface area contributed by atoms with Crippen LogP contribution in [0.2, 0.25) is 0 Å². The van der Waals surface area contributed by atoms with Gasteiger partial charge in [0, 0.05) is 5.56 Å². The highest BCUT2D eigenvalue weighted by molar-refractivity contribution is 5.94. The van der Waals surface area contributed by atoms with Gasteiger partial charge in [0.25, 0.3) is 0 Å². The molecule has 5 nitrogen and oxygen atoms in total. The van der Waals surface area contributed by atoms with Gasteiger partial charge in [0.15, 0.2) is 0 Å². The van der Waals surface area contributed by atoms with Crippen molar-refractivity contribution in [1.29, 1.82) is 5.26 Å². The van der Waals surface area contributed by atoms with Crippen LogP contribution in [0.15, 0.2) is 42.2 Å². The van der Waals surface area contributed by atoms with Crippen molar-refractivity contribution in [2.75, 3.05) is 0 Å². The van der Waals surface area contributed by atoms with Crippen LogP contribution in [-0.2, 0) is 10.4 Å². The first-order valence-electron chi connectivity index (χ1n) is 8.56. The number of nitriles is 1. The van der Waals surface area contributed by atoms with Crippen molar-refractivity contribution in [3.63, 3.8) is 0 Å². The molecule has 2 heterocycles. The zero-order valence-electron chi connectivity index (χ0n) is 15.3. The van der Waals surface area contributed by atoms with Crippen molar-refractivity contribution in [3.05, 3.63) is 64.7 Å². The summed E-state index contributed by atoms with van der Waals surface area (Å²) < 4.78 is 0. The molecule has 0 spiro atoms. The van der Waals surface area contributed by atoms with Crippen molar-refractivity contribution >= 4 is 11.0 Å². The minimum absolute atomic E-state index is 0.424. The largest absolute Gasteiger partial charge is 0.413 e. The normalized spacial score (nSPS) is 19.3. The molecule has 1 aliphatic heterocycles. The Morgan fingerprint density at radius 3 is 2.65 bits per heavy atom. The van der Waals surface area contributed by atoms with E-state index in [-0.39, 0.29) is 0 Å². The van der Waals surface area contributed by atoms with E-state index in [2.05, 4.69) is 46.6 Å². The Hall–Kier alpha value is -3.10. The van der Waals surface area contributed by atoms with E-state index in [1.54, 1.807) is 0 Å². The number of hydroxylamine groups is 1. The molecule has 1 unspecified atom stereocenters. The highest BCUT2D eigenvalue weighted by Crippen LogP contribution is 2.37. The minimum Gasteiger partial charge on any atom is -0.413 e. The molecule has 0 radical (unpaired) electrons. The van der Waals surface area contributed by atoms with E-state index in [1.807, 2.05) is 39.0 Å². The Bertz CT molecular complexity index is 1100. The van der Waals surface area contributed by atoms with Crippen molar-refractivity contribution in [3.8, 4) is 17.2 Å². The first kappa shape index (κ1) is 16.4. The first-order chi connectivity index (χ1) is 12.4. The number of imidazole rings is 1. The molecule has 0 fully saturated rings. The number of rotatable bonds is 2. The number of fused-ring (bicyclic) bond motifs is 1. The van der Waals surface area contributed by atoms with Crippen LogP contribution in [0, 0.1) is 25.2 Å². The summed E-state index contributed by atoms with van der Waals surface area (Å²) in [4.78, 5) is 13.5. The van der Waals surface area contributed by atoms with Crippen molar-refractivity contribution in [1.82, 2.24) is 15.4 Å². The summed E-state index contributed by atoms with van der Waals surface area (Å²) in [5.74, 6) is 1.71. The van der Waals surface area contributed by atoms with Crippen molar-refractivity contribution in [2.45, 2.75) is 33.2 Å². The Kier molecular flexibility index (Phi) is 3.60. The number of benzene rings is 2. The van der Waals surface area contributed by atoms with Gasteiger partial charge in [-0.2, -0.15) is 5.26 Å². The predicted molar refractivity (Wildman–Crippen MR) is 101 cm³/mol. The molecule has 1 atom stereocenters. The molecular formula is C21H20N4O. The van der Waals surface area contributed by atoms with Crippen LogP contribution in [0.5, 0.6) is 0 Å². The number of aromatic nitrogens is 2. The van der Waals surface area contributed by atoms with Gasteiger partial charge in [-0.3, -0.25) is 0 Å². The molecule has 1 aromatic heterocycles. The molecule has 0 bridgehead atoms. The maximum absolute atomic E-state index is 9.40. The van der Waals surface area contributed by atoms with E-state index in [1.165, 1.54) is 0 Å². The fourth-order valence-electron chi connectivity index (χ4n) is 3.59. The summed E-state index contributed by atoms with van der Waals surface area (Å²) in [6, 6.07) is 12.3. The van der Waals surface area contributed by atoms with Crippen LogP contribution in [0.3, 0.4) is 0 Å². The standard InChI is InChI=1S/C21H20N4O/c1-12-10-21(4,25-26-12)16-8-18(20-19(9-16)23-14(3)24-20)17-7-5-6-15(11-22)13(17)2/h5-10,25H,1-4H3,(H,23,24). The summed E-state index contributed by atoms with van der Waals surface area (Å²) >= 11 is 0. The number of H-pyrrole nitrogens is 1. The van der Waals surface area contributed by atoms with E-state index >= 15 is 0 Å². The smallest absolute Gasteiger partial charge is 0.119 e. The van der Waals surface area contributed by atoms with E-state index in [9.17, 15) is 5.26 Å². The predicted octanol–water partition coefficient (Wildman–Crippen LogP) is 4.37. The van der Waals surface area contributed by atoms with Gasteiger partial charge in [-0.05, 0) is 68.7 Å². The third-order valence-corrected chi connectivity index (χ3v) is 4.97. The maximum atomic E-state index is 9.40. The number of nitrogens with zero attached hydrogens (tertiary/aromatic N) is 2. The Balaban J connectivity index is 2.02. The van der Waals surface area contributed by atoms with Gasteiger partial charge in [0.1, 0.15) is 11.6 Å². The van der Waals surface area contributed by atoms with Gasteiger partial charge in [-0.1, -0.05) is 12.1 Å². The van der Waals surface area contributed by atoms with Gasteiger partial charge in [0.05, 0.1) is 28.2 Å². The average molecular weight is 344 g/mol. The molecule has 0 saturated heterocycles. The number of allylic oxidation sites excluding steroid dienone is 1. The second-order valence-corrected chi connectivity index (χ2v) is 6.99. The highest BCUT2D eigenvalue weighted by Gasteiger charge is 2.31. The SMILES string of the molecule is CC1=CC(C)(c2cc(-c3cccc(C#N)c3C)c3nc(C)[nH]c3c2)NO1. The lowest BCUT2D eigenvalue weighted by molar-refractivity contribution is 0.0854. The molecule has 26 heavy (non-hydrogen) atoms. The van der Waals surface area contributed by atoms with Crippen LogP contribution >= 0.6 is 0 Å². The Morgan fingerprint density at radius 1 is 1.15 bits per heavy atom. The van der Waals surface area contributed by atoms with E-state index in [0.29, 0.717) is 5.56 Å². The van der Waals surface area contributed by atoms with Crippen molar-refractivity contribution in [2.24, 2.45) is 0 Å². The van der Waals surface area contributed by atoms with E-state index in [4.69, 9.17) is 4.84 Å². The fourth-order valence-corrected chi connectivity index (χ4v) is 3.59. The second-order valence-electron chi connectivity index (χ2n) is 6.99.